The third kappa shape index (κ3) is 3.43. The fraction of sp³-hybridized carbons (Fsp3) is 0.706. The van der Waals surface area contributed by atoms with Crippen molar-refractivity contribution in [3.05, 3.63) is 29.8 Å². The molecule has 1 aliphatic rings. The first-order valence-corrected chi connectivity index (χ1v) is 8.12. The van der Waals surface area contributed by atoms with Crippen LogP contribution in [0.1, 0.15) is 57.1 Å². The molecule has 0 amide bonds. The summed E-state index contributed by atoms with van der Waals surface area (Å²) >= 11 is 0. The number of rotatable bonds is 5. The number of likely N-dealkylation sites (N-methyl/N-ethyl adjacent to an activating group) is 2. The van der Waals surface area contributed by atoms with Gasteiger partial charge in [-0.15, -0.1) is 0 Å². The fourth-order valence-corrected chi connectivity index (χ4v) is 3.75. The van der Waals surface area contributed by atoms with Gasteiger partial charge in [0.2, 0.25) is 0 Å². The van der Waals surface area contributed by atoms with Gasteiger partial charge in [0.25, 0.3) is 0 Å². The maximum Gasteiger partial charge on any atom is 0.146 e. The standard InChI is InChI=1S/C17H28FN3/c1-4-20-16(14-9-12-19-13-15(14)18)17(21(2)3)10-7-5-6-8-11-17/h9,12-13,16,20H,4-8,10-11H2,1-3H3. The van der Waals surface area contributed by atoms with Crippen molar-refractivity contribution >= 4 is 0 Å². The highest BCUT2D eigenvalue weighted by Crippen LogP contribution is 2.41. The number of nitrogens with one attached hydrogen (secondary N) is 1. The molecule has 21 heavy (non-hydrogen) atoms. The van der Waals surface area contributed by atoms with E-state index in [9.17, 15) is 4.39 Å². The molecule has 0 bridgehead atoms. The van der Waals surface area contributed by atoms with Crippen molar-refractivity contribution in [3.63, 3.8) is 0 Å². The molecule has 1 aliphatic carbocycles. The van der Waals surface area contributed by atoms with E-state index >= 15 is 0 Å². The minimum absolute atomic E-state index is 0.0126. The minimum Gasteiger partial charge on any atom is -0.309 e. The Morgan fingerprint density at radius 3 is 2.48 bits per heavy atom. The molecule has 1 atom stereocenters. The topological polar surface area (TPSA) is 28.2 Å². The maximum absolute atomic E-state index is 14.3. The number of hydrogen-bond acceptors (Lipinski definition) is 3. The molecule has 1 N–H and O–H groups in total. The van der Waals surface area contributed by atoms with Crippen LogP contribution in [0.4, 0.5) is 4.39 Å². The van der Waals surface area contributed by atoms with Crippen LogP contribution in [0.15, 0.2) is 18.5 Å². The van der Waals surface area contributed by atoms with E-state index in [2.05, 4.69) is 36.2 Å². The third-order valence-corrected chi connectivity index (χ3v) is 4.92. The molecule has 118 valence electrons. The summed E-state index contributed by atoms with van der Waals surface area (Å²) in [6.45, 7) is 2.92. The molecule has 3 nitrogen and oxygen atoms in total. The van der Waals surface area contributed by atoms with Gasteiger partial charge in [0, 0.05) is 17.3 Å². The van der Waals surface area contributed by atoms with Gasteiger partial charge in [-0.25, -0.2) is 4.39 Å². The molecule has 0 saturated heterocycles. The number of hydrogen-bond donors (Lipinski definition) is 1. The lowest BCUT2D eigenvalue weighted by Gasteiger charge is -2.46. The first kappa shape index (κ1) is 16.4. The van der Waals surface area contributed by atoms with Crippen LogP contribution < -0.4 is 5.32 Å². The molecule has 1 heterocycles. The van der Waals surface area contributed by atoms with Crippen molar-refractivity contribution in [3.8, 4) is 0 Å². The second-order valence-electron chi connectivity index (χ2n) is 6.30. The summed E-state index contributed by atoms with van der Waals surface area (Å²) in [4.78, 5) is 6.21. The molecular formula is C17H28FN3. The van der Waals surface area contributed by atoms with Gasteiger partial charge in [-0.05, 0) is 39.5 Å². The van der Waals surface area contributed by atoms with Crippen LogP contribution in [0.3, 0.4) is 0 Å². The summed E-state index contributed by atoms with van der Waals surface area (Å²) in [5.41, 5.74) is 0.733. The van der Waals surface area contributed by atoms with Crippen molar-refractivity contribution < 1.29 is 4.39 Å². The van der Waals surface area contributed by atoms with Crippen molar-refractivity contribution in [1.82, 2.24) is 15.2 Å². The van der Waals surface area contributed by atoms with Gasteiger partial charge >= 0.3 is 0 Å². The quantitative estimate of drug-likeness (QED) is 0.842. The van der Waals surface area contributed by atoms with Gasteiger partial charge in [0.15, 0.2) is 0 Å². The zero-order chi connectivity index (χ0) is 15.3. The van der Waals surface area contributed by atoms with E-state index in [1.165, 1.54) is 31.9 Å². The Labute approximate surface area is 127 Å². The van der Waals surface area contributed by atoms with Gasteiger partial charge in [-0.3, -0.25) is 4.98 Å². The van der Waals surface area contributed by atoms with Crippen LogP contribution in [0.25, 0.3) is 0 Å². The molecule has 1 fully saturated rings. The predicted molar refractivity (Wildman–Crippen MR) is 84.7 cm³/mol. The number of pyridine rings is 1. The maximum atomic E-state index is 14.3. The Balaban J connectivity index is 2.43. The fourth-order valence-electron chi connectivity index (χ4n) is 3.75. The van der Waals surface area contributed by atoms with E-state index < -0.39 is 0 Å². The lowest BCUT2D eigenvalue weighted by molar-refractivity contribution is 0.0790. The van der Waals surface area contributed by atoms with E-state index in [4.69, 9.17) is 0 Å². The van der Waals surface area contributed by atoms with Crippen LogP contribution in [0.2, 0.25) is 0 Å². The second kappa shape index (κ2) is 7.32. The highest BCUT2D eigenvalue weighted by atomic mass is 19.1. The van der Waals surface area contributed by atoms with Gasteiger partial charge < -0.3 is 10.2 Å². The Hall–Kier alpha value is -1.00. The molecular weight excluding hydrogens is 265 g/mol. The molecule has 0 aromatic carbocycles. The van der Waals surface area contributed by atoms with Crippen molar-refractivity contribution in [2.75, 3.05) is 20.6 Å². The number of nitrogens with zero attached hydrogens (tertiary/aromatic N) is 2. The lowest BCUT2D eigenvalue weighted by atomic mass is 9.78. The minimum atomic E-state index is -0.200. The monoisotopic (exact) mass is 293 g/mol. The Bertz CT molecular complexity index is 439. The average Bonchev–Trinajstić information content (AvgIpc) is 2.72. The summed E-state index contributed by atoms with van der Waals surface area (Å²) in [6.07, 6.45) is 10.3. The SMILES string of the molecule is CCNC(c1ccncc1F)C1(N(C)C)CCCCCC1. The Kier molecular flexibility index (Phi) is 5.71. The highest BCUT2D eigenvalue weighted by molar-refractivity contribution is 5.23. The number of aromatic nitrogens is 1. The molecule has 0 aliphatic heterocycles. The molecule has 4 heteroatoms. The molecule has 1 aromatic rings. The normalized spacial score (nSPS) is 20.2. The van der Waals surface area contributed by atoms with Crippen LogP contribution in [0.5, 0.6) is 0 Å². The van der Waals surface area contributed by atoms with Crippen LogP contribution in [-0.4, -0.2) is 36.1 Å². The average molecular weight is 293 g/mol. The summed E-state index contributed by atoms with van der Waals surface area (Å²) in [5, 5.41) is 3.55. The molecule has 2 rings (SSSR count). The molecule has 0 radical (unpaired) electrons. The van der Waals surface area contributed by atoms with E-state index in [1.807, 2.05) is 6.07 Å². The molecule has 0 spiro atoms. The van der Waals surface area contributed by atoms with Gasteiger partial charge in [0.05, 0.1) is 12.2 Å². The van der Waals surface area contributed by atoms with Crippen LogP contribution >= 0.6 is 0 Å². The van der Waals surface area contributed by atoms with Crippen LogP contribution in [0, 0.1) is 5.82 Å². The lowest BCUT2D eigenvalue weighted by Crippen LogP contribution is -2.53. The van der Waals surface area contributed by atoms with Gasteiger partial charge in [-0.2, -0.15) is 0 Å². The smallest absolute Gasteiger partial charge is 0.146 e. The Morgan fingerprint density at radius 1 is 1.29 bits per heavy atom. The summed E-state index contributed by atoms with van der Waals surface area (Å²) in [7, 11) is 4.27. The molecule has 1 aromatic heterocycles. The van der Waals surface area contributed by atoms with E-state index in [1.54, 1.807) is 6.20 Å². The zero-order valence-electron chi connectivity index (χ0n) is 13.5. The highest BCUT2D eigenvalue weighted by Gasteiger charge is 2.42. The predicted octanol–water partition coefficient (Wildman–Crippen LogP) is 3.53. The third-order valence-electron chi connectivity index (χ3n) is 4.92. The molecule has 1 unspecified atom stereocenters. The van der Waals surface area contributed by atoms with E-state index in [0.29, 0.717) is 0 Å². The van der Waals surface area contributed by atoms with Crippen molar-refractivity contribution in [2.24, 2.45) is 0 Å². The zero-order valence-corrected chi connectivity index (χ0v) is 13.5. The first-order chi connectivity index (χ1) is 10.1. The van der Waals surface area contributed by atoms with E-state index in [-0.39, 0.29) is 17.4 Å². The largest absolute Gasteiger partial charge is 0.309 e. The van der Waals surface area contributed by atoms with Crippen molar-refractivity contribution in [2.45, 2.75) is 57.0 Å². The first-order valence-electron chi connectivity index (χ1n) is 8.12. The van der Waals surface area contributed by atoms with Gasteiger partial charge in [-0.1, -0.05) is 32.6 Å². The summed E-state index contributed by atoms with van der Waals surface area (Å²) in [6, 6.07) is 1.84. The van der Waals surface area contributed by atoms with Crippen molar-refractivity contribution in [1.29, 1.82) is 0 Å². The molecule has 1 saturated carbocycles. The number of halogens is 1. The van der Waals surface area contributed by atoms with Gasteiger partial charge in [0.1, 0.15) is 5.82 Å². The summed E-state index contributed by atoms with van der Waals surface area (Å²) in [5.74, 6) is -0.200. The second-order valence-corrected chi connectivity index (χ2v) is 6.30. The summed E-state index contributed by atoms with van der Waals surface area (Å²) < 4.78 is 14.3. The van der Waals surface area contributed by atoms with Crippen LogP contribution in [-0.2, 0) is 0 Å². The Morgan fingerprint density at radius 2 is 1.95 bits per heavy atom. The van der Waals surface area contributed by atoms with E-state index in [0.717, 1.165) is 24.9 Å².